The van der Waals surface area contributed by atoms with Crippen molar-refractivity contribution < 1.29 is 13.2 Å². The number of carbonyl (C=O) groups excluding carboxylic acids is 1. The lowest BCUT2D eigenvalue weighted by atomic mass is 10.2. The maximum Gasteiger partial charge on any atom is 0.323 e. The number of carbonyl (C=O) groups is 1. The van der Waals surface area contributed by atoms with E-state index in [9.17, 15) is 13.2 Å². The van der Waals surface area contributed by atoms with E-state index in [1.807, 2.05) is 20.8 Å². The Kier molecular flexibility index (Phi) is 4.79. The SMILES string of the molecule is CCc1c(C)nn(C)c1NC(=O)N(CC)C1CCS(=O)(=O)C1. The number of nitrogens with zero attached hydrogens (tertiary/aromatic N) is 3. The molecule has 0 aromatic carbocycles. The summed E-state index contributed by atoms with van der Waals surface area (Å²) in [5.41, 5.74) is 1.90. The number of hydrogen-bond donors (Lipinski definition) is 1. The van der Waals surface area contributed by atoms with Gasteiger partial charge in [-0.15, -0.1) is 0 Å². The molecule has 0 aliphatic carbocycles. The number of aromatic nitrogens is 2. The van der Waals surface area contributed by atoms with Crippen molar-refractivity contribution >= 4 is 21.7 Å². The average molecular weight is 328 g/mol. The maximum absolute atomic E-state index is 12.6. The number of aryl methyl sites for hydroxylation is 2. The van der Waals surface area contributed by atoms with Crippen LogP contribution in [0.3, 0.4) is 0 Å². The van der Waals surface area contributed by atoms with E-state index >= 15 is 0 Å². The van der Waals surface area contributed by atoms with Gasteiger partial charge in [-0.05, 0) is 26.7 Å². The molecule has 2 amide bonds. The fourth-order valence-electron chi connectivity index (χ4n) is 3.04. The van der Waals surface area contributed by atoms with Crippen molar-refractivity contribution in [3.05, 3.63) is 11.3 Å². The third-order valence-electron chi connectivity index (χ3n) is 4.18. The molecule has 1 unspecified atom stereocenters. The minimum atomic E-state index is -3.01. The first-order valence-corrected chi connectivity index (χ1v) is 9.41. The minimum Gasteiger partial charge on any atom is -0.321 e. The number of anilines is 1. The standard InChI is InChI=1S/C14H24N4O3S/c1-5-12-10(3)16-17(4)13(12)15-14(19)18(6-2)11-7-8-22(20,21)9-11/h11H,5-9H2,1-4H3,(H,15,19). The monoisotopic (exact) mass is 328 g/mol. The Balaban J connectivity index is 2.17. The first-order chi connectivity index (χ1) is 10.3. The largest absolute Gasteiger partial charge is 0.323 e. The van der Waals surface area contributed by atoms with Gasteiger partial charge < -0.3 is 4.90 Å². The zero-order valence-electron chi connectivity index (χ0n) is 13.6. The predicted molar refractivity (Wildman–Crippen MR) is 85.8 cm³/mol. The van der Waals surface area contributed by atoms with E-state index in [0.717, 1.165) is 17.7 Å². The van der Waals surface area contributed by atoms with Crippen LogP contribution >= 0.6 is 0 Å². The van der Waals surface area contributed by atoms with Gasteiger partial charge in [-0.2, -0.15) is 5.10 Å². The Morgan fingerprint density at radius 2 is 2.14 bits per heavy atom. The molecule has 1 N–H and O–H groups in total. The lowest BCUT2D eigenvalue weighted by molar-refractivity contribution is 0.197. The van der Waals surface area contributed by atoms with E-state index in [2.05, 4.69) is 10.4 Å². The fourth-order valence-corrected chi connectivity index (χ4v) is 4.77. The summed E-state index contributed by atoms with van der Waals surface area (Å²) < 4.78 is 24.9. The van der Waals surface area contributed by atoms with Crippen molar-refractivity contribution in [1.29, 1.82) is 0 Å². The molecule has 22 heavy (non-hydrogen) atoms. The highest BCUT2D eigenvalue weighted by Gasteiger charge is 2.34. The molecule has 1 aromatic rings. The molecule has 124 valence electrons. The molecule has 0 saturated carbocycles. The van der Waals surface area contributed by atoms with Crippen LogP contribution in [-0.2, 0) is 23.3 Å². The van der Waals surface area contributed by atoms with Gasteiger partial charge in [0.1, 0.15) is 5.82 Å². The molecule has 1 atom stereocenters. The second-order valence-electron chi connectivity index (χ2n) is 5.66. The molecule has 0 radical (unpaired) electrons. The van der Waals surface area contributed by atoms with Crippen molar-refractivity contribution in [3.63, 3.8) is 0 Å². The molecule has 2 rings (SSSR count). The van der Waals surface area contributed by atoms with Crippen molar-refractivity contribution in [3.8, 4) is 0 Å². The molecule has 1 fully saturated rings. The van der Waals surface area contributed by atoms with Crippen molar-refractivity contribution in [2.45, 2.75) is 39.7 Å². The Bertz CT molecular complexity index is 666. The Morgan fingerprint density at radius 1 is 1.45 bits per heavy atom. The first kappa shape index (κ1) is 16.8. The number of amides is 2. The van der Waals surface area contributed by atoms with E-state index in [0.29, 0.717) is 18.8 Å². The molecule has 7 nitrogen and oxygen atoms in total. The van der Waals surface area contributed by atoms with Crippen LogP contribution < -0.4 is 5.32 Å². The van der Waals surface area contributed by atoms with Gasteiger partial charge in [-0.3, -0.25) is 10.00 Å². The number of urea groups is 1. The van der Waals surface area contributed by atoms with Gasteiger partial charge in [-0.25, -0.2) is 13.2 Å². The Labute approximate surface area is 131 Å². The van der Waals surface area contributed by atoms with Gasteiger partial charge in [-0.1, -0.05) is 6.92 Å². The van der Waals surface area contributed by atoms with E-state index in [1.54, 1.807) is 16.6 Å². The van der Waals surface area contributed by atoms with Crippen molar-refractivity contribution in [1.82, 2.24) is 14.7 Å². The van der Waals surface area contributed by atoms with E-state index in [-0.39, 0.29) is 23.6 Å². The van der Waals surface area contributed by atoms with Gasteiger partial charge >= 0.3 is 6.03 Å². The number of sulfone groups is 1. The van der Waals surface area contributed by atoms with Crippen LogP contribution in [0.5, 0.6) is 0 Å². The van der Waals surface area contributed by atoms with E-state index in [1.165, 1.54) is 0 Å². The normalized spacial score (nSPS) is 20.1. The fraction of sp³-hybridized carbons (Fsp3) is 0.714. The van der Waals surface area contributed by atoms with Gasteiger partial charge in [0.25, 0.3) is 0 Å². The molecular weight excluding hydrogens is 304 g/mol. The molecular formula is C14H24N4O3S. The van der Waals surface area contributed by atoms with E-state index < -0.39 is 9.84 Å². The van der Waals surface area contributed by atoms with Crippen LogP contribution in [0.4, 0.5) is 10.6 Å². The Morgan fingerprint density at radius 3 is 2.64 bits per heavy atom. The van der Waals surface area contributed by atoms with Gasteiger partial charge in [0, 0.05) is 25.2 Å². The molecule has 1 aliphatic rings. The zero-order chi connectivity index (χ0) is 16.5. The molecule has 0 bridgehead atoms. The van der Waals surface area contributed by atoms with Gasteiger partial charge in [0.15, 0.2) is 9.84 Å². The lowest BCUT2D eigenvalue weighted by Gasteiger charge is -2.27. The Hall–Kier alpha value is -1.57. The molecule has 2 heterocycles. The number of hydrogen-bond acceptors (Lipinski definition) is 4. The van der Waals surface area contributed by atoms with Crippen LogP contribution in [0.25, 0.3) is 0 Å². The average Bonchev–Trinajstić information content (AvgIpc) is 2.91. The summed E-state index contributed by atoms with van der Waals surface area (Å²) in [5.74, 6) is 0.899. The van der Waals surface area contributed by atoms with Crippen LogP contribution in [0.15, 0.2) is 0 Å². The maximum atomic E-state index is 12.6. The second kappa shape index (κ2) is 6.28. The zero-order valence-corrected chi connectivity index (χ0v) is 14.4. The third kappa shape index (κ3) is 3.26. The van der Waals surface area contributed by atoms with Gasteiger partial charge in [0.2, 0.25) is 0 Å². The summed E-state index contributed by atoms with van der Waals surface area (Å²) in [6, 6.07) is -0.503. The van der Waals surface area contributed by atoms with E-state index in [4.69, 9.17) is 0 Å². The second-order valence-corrected chi connectivity index (χ2v) is 7.89. The number of rotatable bonds is 4. The molecule has 0 spiro atoms. The molecule has 1 saturated heterocycles. The minimum absolute atomic E-state index is 0.0549. The topological polar surface area (TPSA) is 84.3 Å². The van der Waals surface area contributed by atoms with Crippen LogP contribution in [0.2, 0.25) is 0 Å². The first-order valence-electron chi connectivity index (χ1n) is 7.59. The van der Waals surface area contributed by atoms with Crippen LogP contribution in [-0.4, -0.2) is 53.2 Å². The molecule has 8 heteroatoms. The summed E-state index contributed by atoms with van der Waals surface area (Å²) in [7, 11) is -1.22. The summed E-state index contributed by atoms with van der Waals surface area (Å²) in [6.07, 6.45) is 1.29. The predicted octanol–water partition coefficient (Wildman–Crippen LogP) is 1.33. The van der Waals surface area contributed by atoms with Gasteiger partial charge in [0.05, 0.1) is 17.2 Å². The molecule has 1 aliphatic heterocycles. The highest BCUT2D eigenvalue weighted by molar-refractivity contribution is 7.91. The summed E-state index contributed by atoms with van der Waals surface area (Å²) >= 11 is 0. The summed E-state index contributed by atoms with van der Waals surface area (Å²) in [4.78, 5) is 14.2. The quantitative estimate of drug-likeness (QED) is 0.904. The number of nitrogens with one attached hydrogen (secondary N) is 1. The highest BCUT2D eigenvalue weighted by atomic mass is 32.2. The summed E-state index contributed by atoms with van der Waals surface area (Å²) in [6.45, 7) is 6.26. The third-order valence-corrected chi connectivity index (χ3v) is 5.93. The smallest absolute Gasteiger partial charge is 0.321 e. The lowest BCUT2D eigenvalue weighted by Crippen LogP contribution is -2.43. The van der Waals surface area contributed by atoms with Crippen molar-refractivity contribution in [2.24, 2.45) is 7.05 Å². The van der Waals surface area contributed by atoms with Crippen molar-refractivity contribution in [2.75, 3.05) is 23.4 Å². The molecule has 1 aromatic heterocycles. The summed E-state index contributed by atoms with van der Waals surface area (Å²) in [5, 5.41) is 7.23. The highest BCUT2D eigenvalue weighted by Crippen LogP contribution is 2.22. The van der Waals surface area contributed by atoms with Crippen LogP contribution in [0.1, 0.15) is 31.5 Å². The van der Waals surface area contributed by atoms with Crippen LogP contribution in [0, 0.1) is 6.92 Å².